The third kappa shape index (κ3) is 4.70. The fraction of sp³-hybridized carbons (Fsp3) is 0.455. The van der Waals surface area contributed by atoms with Crippen LogP contribution >= 0.6 is 0 Å². The van der Waals surface area contributed by atoms with Crippen molar-refractivity contribution in [3.05, 3.63) is 58.0 Å². The van der Waals surface area contributed by atoms with E-state index in [1.54, 1.807) is 23.1 Å². The zero-order chi connectivity index (χ0) is 21.8. The van der Waals surface area contributed by atoms with E-state index in [2.05, 4.69) is 10.2 Å². The number of nitro groups is 1. The summed E-state index contributed by atoms with van der Waals surface area (Å²) in [7, 11) is 0. The van der Waals surface area contributed by atoms with Crippen molar-refractivity contribution >= 4 is 23.2 Å². The number of amides is 2. The van der Waals surface area contributed by atoms with Gasteiger partial charge in [0.15, 0.2) is 5.76 Å². The van der Waals surface area contributed by atoms with Crippen molar-refractivity contribution in [2.24, 2.45) is 0 Å². The van der Waals surface area contributed by atoms with Gasteiger partial charge in [0.25, 0.3) is 17.5 Å². The maximum absolute atomic E-state index is 13.1. The molecule has 9 heteroatoms. The molecular weight excluding hydrogens is 400 g/mol. The largest absolute Gasteiger partial charge is 0.459 e. The molecule has 1 aromatic heterocycles. The zero-order valence-corrected chi connectivity index (χ0v) is 17.3. The summed E-state index contributed by atoms with van der Waals surface area (Å²) in [6, 6.07) is 7.73. The van der Waals surface area contributed by atoms with Crippen molar-refractivity contribution in [1.82, 2.24) is 10.2 Å². The second-order valence-corrected chi connectivity index (χ2v) is 8.02. The monoisotopic (exact) mass is 426 g/mol. The van der Waals surface area contributed by atoms with E-state index >= 15 is 0 Å². The van der Waals surface area contributed by atoms with Crippen LogP contribution in [0.2, 0.25) is 0 Å². The van der Waals surface area contributed by atoms with Crippen molar-refractivity contribution in [3.8, 4) is 0 Å². The molecule has 2 aromatic rings. The highest BCUT2D eigenvalue weighted by Crippen LogP contribution is 2.28. The van der Waals surface area contributed by atoms with Gasteiger partial charge in [0.2, 0.25) is 0 Å². The van der Waals surface area contributed by atoms with E-state index in [1.165, 1.54) is 18.4 Å². The predicted octanol–water partition coefficient (Wildman–Crippen LogP) is 3.21. The van der Waals surface area contributed by atoms with Gasteiger partial charge in [-0.2, -0.15) is 0 Å². The first-order valence-corrected chi connectivity index (χ1v) is 10.7. The van der Waals surface area contributed by atoms with E-state index in [0.29, 0.717) is 37.3 Å². The molecule has 0 bridgehead atoms. The number of nitro benzene ring substituents is 1. The number of benzene rings is 1. The number of anilines is 1. The number of hydrogen-bond donors (Lipinski definition) is 1. The van der Waals surface area contributed by atoms with Crippen LogP contribution in [0.5, 0.6) is 0 Å². The molecule has 2 aliphatic rings. The molecule has 1 aromatic carbocycles. The van der Waals surface area contributed by atoms with E-state index in [0.717, 1.165) is 38.0 Å². The highest BCUT2D eigenvalue weighted by atomic mass is 16.6. The number of likely N-dealkylation sites (tertiary alicyclic amines) is 1. The Bertz CT molecular complexity index is 945. The quantitative estimate of drug-likeness (QED) is 0.581. The van der Waals surface area contributed by atoms with Gasteiger partial charge in [-0.3, -0.25) is 19.7 Å². The number of carbonyl (C=O) groups is 2. The molecule has 2 saturated heterocycles. The smallest absolute Gasteiger partial charge is 0.289 e. The summed E-state index contributed by atoms with van der Waals surface area (Å²) in [5.41, 5.74) is 0.989. The van der Waals surface area contributed by atoms with Gasteiger partial charge in [-0.25, -0.2) is 0 Å². The summed E-state index contributed by atoms with van der Waals surface area (Å²) < 4.78 is 5.18. The van der Waals surface area contributed by atoms with E-state index in [1.807, 2.05) is 0 Å². The fourth-order valence-electron chi connectivity index (χ4n) is 4.28. The van der Waals surface area contributed by atoms with Crippen LogP contribution in [0.25, 0.3) is 0 Å². The third-order valence-corrected chi connectivity index (χ3v) is 5.98. The highest BCUT2D eigenvalue weighted by Gasteiger charge is 2.28. The van der Waals surface area contributed by atoms with Crippen molar-refractivity contribution in [3.63, 3.8) is 0 Å². The minimum atomic E-state index is -0.477. The van der Waals surface area contributed by atoms with E-state index in [4.69, 9.17) is 4.42 Å². The van der Waals surface area contributed by atoms with Crippen LogP contribution in [0.3, 0.4) is 0 Å². The minimum absolute atomic E-state index is 0.0928. The van der Waals surface area contributed by atoms with Crippen LogP contribution < -0.4 is 10.2 Å². The van der Waals surface area contributed by atoms with E-state index in [-0.39, 0.29) is 23.5 Å². The van der Waals surface area contributed by atoms with Crippen LogP contribution in [0.15, 0.2) is 41.0 Å². The molecule has 31 heavy (non-hydrogen) atoms. The molecular formula is C22H26N4O5. The lowest BCUT2D eigenvalue weighted by molar-refractivity contribution is -0.384. The lowest BCUT2D eigenvalue weighted by Crippen LogP contribution is -2.46. The first-order chi connectivity index (χ1) is 15.0. The Labute approximate surface area is 180 Å². The molecule has 2 amide bonds. The van der Waals surface area contributed by atoms with Crippen molar-refractivity contribution in [1.29, 1.82) is 0 Å². The first kappa shape index (κ1) is 20.9. The molecule has 0 radical (unpaired) electrons. The standard InChI is InChI=1S/C22H26N4O5/c27-21(23-16-8-12-25(13-9-16)22(28)20-5-4-14-31-20)18-15-17(26(29)30)6-7-19(18)24-10-2-1-3-11-24/h4-7,14-16H,1-3,8-13H2,(H,23,27). The average Bonchev–Trinajstić information content (AvgIpc) is 3.34. The van der Waals surface area contributed by atoms with E-state index in [9.17, 15) is 19.7 Å². The maximum atomic E-state index is 13.1. The van der Waals surface area contributed by atoms with Crippen LogP contribution in [-0.2, 0) is 0 Å². The van der Waals surface area contributed by atoms with Gasteiger partial charge in [0, 0.05) is 44.4 Å². The molecule has 1 N–H and O–H groups in total. The number of hydrogen-bond acceptors (Lipinski definition) is 6. The summed E-state index contributed by atoms with van der Waals surface area (Å²) in [5, 5.41) is 14.3. The summed E-state index contributed by atoms with van der Waals surface area (Å²) >= 11 is 0. The summed E-state index contributed by atoms with van der Waals surface area (Å²) in [4.78, 5) is 40.1. The molecule has 3 heterocycles. The van der Waals surface area contributed by atoms with Crippen LogP contribution in [0.4, 0.5) is 11.4 Å². The lowest BCUT2D eigenvalue weighted by atomic mass is 10.0. The van der Waals surface area contributed by atoms with Crippen molar-refractivity contribution in [2.45, 2.75) is 38.1 Å². The van der Waals surface area contributed by atoms with Gasteiger partial charge in [-0.1, -0.05) is 0 Å². The van der Waals surface area contributed by atoms with Gasteiger partial charge >= 0.3 is 0 Å². The number of nitrogens with zero attached hydrogens (tertiary/aromatic N) is 3. The van der Waals surface area contributed by atoms with Gasteiger partial charge < -0.3 is 19.5 Å². The van der Waals surface area contributed by atoms with Gasteiger partial charge in [-0.05, 0) is 50.3 Å². The fourth-order valence-corrected chi connectivity index (χ4v) is 4.28. The molecule has 164 valence electrons. The normalized spacial score (nSPS) is 17.4. The number of rotatable bonds is 5. The predicted molar refractivity (Wildman–Crippen MR) is 114 cm³/mol. The second-order valence-electron chi connectivity index (χ2n) is 8.02. The molecule has 4 rings (SSSR count). The minimum Gasteiger partial charge on any atom is -0.459 e. The molecule has 0 saturated carbocycles. The van der Waals surface area contributed by atoms with E-state index < -0.39 is 4.92 Å². The highest BCUT2D eigenvalue weighted by molar-refractivity contribution is 6.00. The Morgan fingerprint density at radius 1 is 1.06 bits per heavy atom. The van der Waals surface area contributed by atoms with Gasteiger partial charge in [0.1, 0.15) is 0 Å². The number of non-ortho nitro benzene ring substituents is 1. The Morgan fingerprint density at radius 3 is 2.45 bits per heavy atom. The van der Waals surface area contributed by atoms with Crippen LogP contribution in [-0.4, -0.2) is 53.9 Å². The SMILES string of the molecule is O=C(NC1CCN(C(=O)c2ccco2)CC1)c1cc([N+](=O)[O-])ccc1N1CCCCC1. The van der Waals surface area contributed by atoms with Crippen LogP contribution in [0.1, 0.15) is 53.0 Å². The maximum Gasteiger partial charge on any atom is 0.289 e. The number of carbonyl (C=O) groups excluding carboxylic acids is 2. The summed E-state index contributed by atoms with van der Waals surface area (Å²) in [6.07, 6.45) is 5.94. The Hall–Kier alpha value is -3.36. The summed E-state index contributed by atoms with van der Waals surface area (Å²) in [5.74, 6) is -0.147. The second kappa shape index (κ2) is 9.20. The van der Waals surface area contributed by atoms with Crippen molar-refractivity contribution in [2.75, 3.05) is 31.1 Å². The van der Waals surface area contributed by atoms with Crippen molar-refractivity contribution < 1.29 is 18.9 Å². The Kier molecular flexibility index (Phi) is 6.20. The molecule has 9 nitrogen and oxygen atoms in total. The number of piperidine rings is 2. The Balaban J connectivity index is 1.43. The molecule has 0 unspecified atom stereocenters. The van der Waals surface area contributed by atoms with Gasteiger partial charge in [-0.15, -0.1) is 0 Å². The lowest BCUT2D eigenvalue weighted by Gasteiger charge is -2.33. The molecule has 2 aliphatic heterocycles. The number of nitrogens with one attached hydrogen (secondary N) is 1. The molecule has 2 fully saturated rings. The molecule has 0 atom stereocenters. The number of furan rings is 1. The van der Waals surface area contributed by atoms with Crippen LogP contribution in [0, 0.1) is 10.1 Å². The first-order valence-electron chi connectivity index (χ1n) is 10.7. The van der Waals surface area contributed by atoms with Gasteiger partial charge in [0.05, 0.1) is 22.4 Å². The zero-order valence-electron chi connectivity index (χ0n) is 17.3. The summed E-state index contributed by atoms with van der Waals surface area (Å²) in [6.45, 7) is 2.70. The average molecular weight is 426 g/mol. The molecule has 0 spiro atoms. The topological polar surface area (TPSA) is 109 Å². The molecule has 0 aliphatic carbocycles. The Morgan fingerprint density at radius 2 is 1.81 bits per heavy atom. The third-order valence-electron chi connectivity index (χ3n) is 5.98.